The van der Waals surface area contributed by atoms with Gasteiger partial charge in [0.25, 0.3) is 11.8 Å². The van der Waals surface area contributed by atoms with E-state index in [-0.39, 0.29) is 18.4 Å². The largest absolute Gasteiger partial charge is 0.483 e. The number of benzene rings is 3. The van der Waals surface area contributed by atoms with Gasteiger partial charge in [0.1, 0.15) is 5.75 Å². The van der Waals surface area contributed by atoms with Crippen LogP contribution in [0, 0.1) is 13.8 Å². The van der Waals surface area contributed by atoms with Crippen LogP contribution in [0.25, 0.3) is 0 Å². The molecule has 0 radical (unpaired) electrons. The lowest BCUT2D eigenvalue weighted by Crippen LogP contribution is -2.32. The Balaban J connectivity index is 1.74. The van der Waals surface area contributed by atoms with Gasteiger partial charge in [-0.25, -0.2) is 0 Å². The monoisotopic (exact) mass is 480 g/mol. The van der Waals surface area contributed by atoms with Crippen LogP contribution in [0.1, 0.15) is 28.4 Å². The fourth-order valence-electron chi connectivity index (χ4n) is 3.42. The Morgan fingerprint density at radius 2 is 1.58 bits per heavy atom. The zero-order valence-corrected chi connectivity index (χ0v) is 19.4. The Hall–Kier alpha value is -3.12. The Morgan fingerprint density at radius 3 is 2.23 bits per heavy atom. The molecular formula is C25H25BrN2O3. The molecule has 3 aromatic rings. The summed E-state index contributed by atoms with van der Waals surface area (Å²) in [7, 11) is 0. The number of para-hydroxylation sites is 2. The van der Waals surface area contributed by atoms with Crippen molar-refractivity contribution in [2.24, 2.45) is 0 Å². The molecule has 0 aliphatic heterocycles. The van der Waals surface area contributed by atoms with E-state index in [1.54, 1.807) is 29.2 Å². The number of hydrogen-bond donors (Lipinski definition) is 1. The first-order valence-electron chi connectivity index (χ1n) is 10.1. The lowest BCUT2D eigenvalue weighted by Gasteiger charge is -2.22. The van der Waals surface area contributed by atoms with Crippen molar-refractivity contribution in [2.45, 2.75) is 20.8 Å². The Labute approximate surface area is 191 Å². The summed E-state index contributed by atoms with van der Waals surface area (Å²) in [4.78, 5) is 27.5. The maximum atomic E-state index is 13.2. The summed E-state index contributed by atoms with van der Waals surface area (Å²) in [6.07, 6.45) is 0. The molecule has 3 rings (SSSR count). The lowest BCUT2D eigenvalue weighted by atomic mass is 10.1. The molecule has 0 bridgehead atoms. The van der Waals surface area contributed by atoms with Crippen LogP contribution >= 0.6 is 15.9 Å². The first-order valence-corrected chi connectivity index (χ1v) is 10.8. The molecule has 0 heterocycles. The maximum Gasteiger partial charge on any atom is 0.262 e. The van der Waals surface area contributed by atoms with Gasteiger partial charge in [-0.15, -0.1) is 0 Å². The minimum Gasteiger partial charge on any atom is -0.483 e. The molecule has 0 spiro atoms. The van der Waals surface area contributed by atoms with Crippen LogP contribution in [0.15, 0.2) is 71.2 Å². The molecule has 0 saturated heterocycles. The molecule has 0 saturated carbocycles. The highest BCUT2D eigenvalue weighted by molar-refractivity contribution is 9.10. The van der Waals surface area contributed by atoms with Crippen LogP contribution in [-0.2, 0) is 4.79 Å². The molecule has 0 aliphatic carbocycles. The van der Waals surface area contributed by atoms with Gasteiger partial charge in [-0.1, -0.05) is 46.3 Å². The summed E-state index contributed by atoms with van der Waals surface area (Å²) in [6.45, 7) is 6.14. The highest BCUT2D eigenvalue weighted by Crippen LogP contribution is 2.27. The molecule has 0 fully saturated rings. The fourth-order valence-corrected chi connectivity index (χ4v) is 4.11. The molecule has 5 nitrogen and oxygen atoms in total. The van der Waals surface area contributed by atoms with Gasteiger partial charge in [-0.05, 0) is 68.3 Å². The van der Waals surface area contributed by atoms with E-state index < -0.39 is 0 Å². The molecule has 160 valence electrons. The minimum atomic E-state index is -0.329. The van der Waals surface area contributed by atoms with Crippen molar-refractivity contribution in [3.63, 3.8) is 0 Å². The van der Waals surface area contributed by atoms with E-state index >= 15 is 0 Å². The second kappa shape index (κ2) is 10.3. The van der Waals surface area contributed by atoms with Crippen molar-refractivity contribution >= 4 is 39.1 Å². The van der Waals surface area contributed by atoms with Gasteiger partial charge in [0.05, 0.1) is 11.3 Å². The molecular weight excluding hydrogens is 456 g/mol. The number of carbonyl (C=O) groups is 2. The predicted octanol–water partition coefficient (Wildman–Crippen LogP) is 5.75. The van der Waals surface area contributed by atoms with Gasteiger partial charge in [-0.2, -0.15) is 0 Å². The number of nitrogens with zero attached hydrogens (tertiary/aromatic N) is 1. The highest BCUT2D eigenvalue weighted by atomic mass is 79.9. The van der Waals surface area contributed by atoms with Crippen LogP contribution < -0.4 is 15.0 Å². The van der Waals surface area contributed by atoms with Crippen molar-refractivity contribution in [3.05, 3.63) is 87.9 Å². The molecule has 2 amide bonds. The van der Waals surface area contributed by atoms with E-state index in [0.717, 1.165) is 21.3 Å². The van der Waals surface area contributed by atoms with Crippen molar-refractivity contribution in [1.82, 2.24) is 0 Å². The minimum absolute atomic E-state index is 0.151. The van der Waals surface area contributed by atoms with Gasteiger partial charge < -0.3 is 15.0 Å². The number of rotatable bonds is 7. The van der Waals surface area contributed by atoms with E-state index in [0.29, 0.717) is 23.5 Å². The first-order chi connectivity index (χ1) is 14.9. The third-order valence-corrected chi connectivity index (χ3v) is 5.29. The van der Waals surface area contributed by atoms with E-state index in [1.807, 2.05) is 63.2 Å². The Morgan fingerprint density at radius 1 is 0.968 bits per heavy atom. The average molecular weight is 481 g/mol. The van der Waals surface area contributed by atoms with Gasteiger partial charge in [0.15, 0.2) is 6.61 Å². The summed E-state index contributed by atoms with van der Waals surface area (Å²) >= 11 is 3.46. The smallest absolute Gasteiger partial charge is 0.262 e. The van der Waals surface area contributed by atoms with Crippen molar-refractivity contribution in [2.75, 3.05) is 23.4 Å². The number of anilines is 2. The van der Waals surface area contributed by atoms with Gasteiger partial charge in [0, 0.05) is 16.7 Å². The summed E-state index contributed by atoms with van der Waals surface area (Å²) in [5, 5.41) is 2.82. The van der Waals surface area contributed by atoms with Crippen molar-refractivity contribution < 1.29 is 14.3 Å². The predicted molar refractivity (Wildman–Crippen MR) is 128 cm³/mol. The number of halogens is 1. The molecule has 0 aromatic heterocycles. The molecule has 31 heavy (non-hydrogen) atoms. The van der Waals surface area contributed by atoms with Gasteiger partial charge >= 0.3 is 0 Å². The summed E-state index contributed by atoms with van der Waals surface area (Å²) in [5.41, 5.74) is 3.58. The number of carbonyl (C=O) groups excluding carboxylic acids is 2. The SMILES string of the molecule is CCN(C(=O)c1ccccc1NC(=O)COc1c(C)cc(Br)cc1C)c1ccccc1. The average Bonchev–Trinajstić information content (AvgIpc) is 2.74. The normalized spacial score (nSPS) is 10.5. The quantitative estimate of drug-likeness (QED) is 0.468. The van der Waals surface area contributed by atoms with E-state index in [2.05, 4.69) is 21.2 Å². The van der Waals surface area contributed by atoms with E-state index in [4.69, 9.17) is 4.74 Å². The summed E-state index contributed by atoms with van der Waals surface area (Å²) in [5.74, 6) is 0.179. The van der Waals surface area contributed by atoms with Crippen molar-refractivity contribution in [1.29, 1.82) is 0 Å². The number of amides is 2. The molecule has 6 heteroatoms. The number of ether oxygens (including phenoxy) is 1. The second-order valence-electron chi connectivity index (χ2n) is 7.14. The van der Waals surface area contributed by atoms with Crippen LogP contribution in [0.4, 0.5) is 11.4 Å². The molecule has 0 unspecified atom stereocenters. The van der Waals surface area contributed by atoms with Crippen LogP contribution in [-0.4, -0.2) is 25.0 Å². The van der Waals surface area contributed by atoms with E-state index in [1.165, 1.54) is 0 Å². The summed E-state index contributed by atoms with van der Waals surface area (Å²) in [6, 6.07) is 20.4. The fraction of sp³-hybridized carbons (Fsp3) is 0.200. The standard InChI is InChI=1S/C25H25BrN2O3/c1-4-28(20-10-6-5-7-11-20)25(30)21-12-8-9-13-22(21)27-23(29)16-31-24-17(2)14-19(26)15-18(24)3/h5-15H,4,16H2,1-3H3,(H,27,29). The van der Waals surface area contributed by atoms with E-state index in [9.17, 15) is 9.59 Å². The van der Waals surface area contributed by atoms with Crippen LogP contribution in [0.5, 0.6) is 5.75 Å². The number of nitrogens with one attached hydrogen (secondary N) is 1. The third-order valence-electron chi connectivity index (χ3n) is 4.83. The molecule has 1 N–H and O–H groups in total. The summed E-state index contributed by atoms with van der Waals surface area (Å²) < 4.78 is 6.73. The Bertz CT molecular complexity index is 1060. The van der Waals surface area contributed by atoms with Crippen LogP contribution in [0.2, 0.25) is 0 Å². The zero-order chi connectivity index (χ0) is 22.4. The third kappa shape index (κ3) is 5.52. The molecule has 0 aliphatic rings. The second-order valence-corrected chi connectivity index (χ2v) is 8.05. The first kappa shape index (κ1) is 22.6. The molecule has 3 aromatic carbocycles. The number of hydrogen-bond acceptors (Lipinski definition) is 3. The topological polar surface area (TPSA) is 58.6 Å². The van der Waals surface area contributed by atoms with Gasteiger partial charge in [-0.3, -0.25) is 9.59 Å². The molecule has 0 atom stereocenters. The van der Waals surface area contributed by atoms with Gasteiger partial charge in [0.2, 0.25) is 0 Å². The van der Waals surface area contributed by atoms with Crippen LogP contribution in [0.3, 0.4) is 0 Å². The highest BCUT2D eigenvalue weighted by Gasteiger charge is 2.20. The number of aryl methyl sites for hydroxylation is 2. The lowest BCUT2D eigenvalue weighted by molar-refractivity contribution is -0.118. The maximum absolute atomic E-state index is 13.2. The van der Waals surface area contributed by atoms with Crippen molar-refractivity contribution in [3.8, 4) is 5.75 Å². The Kier molecular flexibility index (Phi) is 7.47. The zero-order valence-electron chi connectivity index (χ0n) is 17.8.